The average Bonchev–Trinajstić information content (AvgIpc) is 2.83. The normalized spacial score (nSPS) is 25.4. The second kappa shape index (κ2) is 8.11. The van der Waals surface area contributed by atoms with Crippen LogP contribution in [0.4, 0.5) is 0 Å². The van der Waals surface area contributed by atoms with Gasteiger partial charge in [0.2, 0.25) is 0 Å². The van der Waals surface area contributed by atoms with E-state index < -0.39 is 5.54 Å². The number of guanidine groups is 1. The first kappa shape index (κ1) is 20.6. The topological polar surface area (TPSA) is 76.5 Å². The second-order valence-corrected chi connectivity index (χ2v) is 9.03. The fourth-order valence-electron chi connectivity index (χ4n) is 4.37. The molecule has 2 atom stereocenters. The third-order valence-corrected chi connectivity index (χ3v) is 5.75. The number of carbonyl (C=O) groups is 2. The van der Waals surface area contributed by atoms with Crippen molar-refractivity contribution < 1.29 is 9.59 Å². The molecule has 2 saturated heterocycles. The minimum Gasteiger partial charge on any atom is -0.342 e. The Balaban J connectivity index is 1.66. The molecule has 0 aliphatic carbocycles. The third-order valence-electron chi connectivity index (χ3n) is 5.52. The standard InChI is InChI=1S/C21H29ClN4O2/c1-14(2)11-21(3)19(28)26(20(23)24-21)13-15-6-5-9-25(12-15)18(27)16-7-4-8-17(22)10-16/h4,7-8,10,14-15H,5-6,9,11-13H2,1-3H3,(H2,23,24). The van der Waals surface area contributed by atoms with Gasteiger partial charge in [-0.3, -0.25) is 19.9 Å². The summed E-state index contributed by atoms with van der Waals surface area (Å²) in [7, 11) is 0. The molecule has 2 aliphatic rings. The molecule has 3 rings (SSSR count). The molecule has 1 aromatic rings. The molecular weight excluding hydrogens is 376 g/mol. The van der Waals surface area contributed by atoms with E-state index in [1.54, 1.807) is 29.2 Å². The summed E-state index contributed by atoms with van der Waals surface area (Å²) in [6, 6.07) is 7.00. The quantitative estimate of drug-likeness (QED) is 0.789. The van der Waals surface area contributed by atoms with Crippen molar-refractivity contribution in [3.05, 3.63) is 34.9 Å². The number of benzene rings is 1. The predicted molar refractivity (Wildman–Crippen MR) is 111 cm³/mol. The summed E-state index contributed by atoms with van der Waals surface area (Å²) in [5.41, 5.74) is -0.125. The minimum absolute atomic E-state index is 0.0298. The number of hydrogen-bond acceptors (Lipinski definition) is 3. The van der Waals surface area contributed by atoms with Crippen molar-refractivity contribution in [2.45, 2.75) is 45.6 Å². The molecule has 2 unspecified atom stereocenters. The van der Waals surface area contributed by atoms with Gasteiger partial charge in [0.1, 0.15) is 5.54 Å². The molecule has 2 aliphatic heterocycles. The summed E-state index contributed by atoms with van der Waals surface area (Å²) in [4.78, 5) is 29.2. The van der Waals surface area contributed by atoms with Gasteiger partial charge in [0, 0.05) is 30.2 Å². The van der Waals surface area contributed by atoms with Crippen LogP contribution < -0.4 is 5.32 Å². The fraction of sp³-hybridized carbons (Fsp3) is 0.571. The van der Waals surface area contributed by atoms with Crippen LogP contribution in [0.15, 0.2) is 24.3 Å². The molecular formula is C21H29ClN4O2. The van der Waals surface area contributed by atoms with Gasteiger partial charge in [0.05, 0.1) is 0 Å². The Bertz CT molecular complexity index is 781. The molecule has 6 nitrogen and oxygen atoms in total. The van der Waals surface area contributed by atoms with E-state index in [4.69, 9.17) is 17.0 Å². The van der Waals surface area contributed by atoms with Gasteiger partial charge < -0.3 is 10.2 Å². The van der Waals surface area contributed by atoms with Gasteiger partial charge in [-0.1, -0.05) is 31.5 Å². The molecule has 0 bridgehead atoms. The maximum absolute atomic E-state index is 12.9. The van der Waals surface area contributed by atoms with Gasteiger partial charge in [-0.2, -0.15) is 0 Å². The summed E-state index contributed by atoms with van der Waals surface area (Å²) in [6.07, 6.45) is 2.52. The maximum atomic E-state index is 12.9. The van der Waals surface area contributed by atoms with E-state index in [2.05, 4.69) is 19.2 Å². The molecule has 0 spiro atoms. The third kappa shape index (κ3) is 4.32. The first-order valence-corrected chi connectivity index (χ1v) is 10.3. The van der Waals surface area contributed by atoms with Crippen LogP contribution in [0.5, 0.6) is 0 Å². The number of nitrogens with zero attached hydrogens (tertiary/aromatic N) is 2. The highest BCUT2D eigenvalue weighted by molar-refractivity contribution is 6.30. The number of rotatable bonds is 5. The van der Waals surface area contributed by atoms with Crippen LogP contribution in [-0.2, 0) is 4.79 Å². The van der Waals surface area contributed by atoms with Crippen molar-refractivity contribution in [1.29, 1.82) is 5.41 Å². The van der Waals surface area contributed by atoms with Crippen LogP contribution in [-0.4, -0.2) is 52.7 Å². The van der Waals surface area contributed by atoms with Crippen molar-refractivity contribution in [2.75, 3.05) is 19.6 Å². The van der Waals surface area contributed by atoms with Crippen LogP contribution in [0.1, 0.15) is 50.4 Å². The van der Waals surface area contributed by atoms with Gasteiger partial charge in [0.15, 0.2) is 5.96 Å². The first-order valence-electron chi connectivity index (χ1n) is 9.93. The van der Waals surface area contributed by atoms with E-state index in [0.29, 0.717) is 42.6 Å². The number of amides is 2. The largest absolute Gasteiger partial charge is 0.342 e. The zero-order valence-corrected chi connectivity index (χ0v) is 17.6. The second-order valence-electron chi connectivity index (χ2n) is 8.59. The molecule has 0 saturated carbocycles. The smallest absolute Gasteiger partial charge is 0.254 e. The highest BCUT2D eigenvalue weighted by atomic mass is 35.5. The van der Waals surface area contributed by atoms with Gasteiger partial charge >= 0.3 is 0 Å². The SMILES string of the molecule is CC(C)CC1(C)NC(=N)N(CC2CCCN(C(=O)c3cccc(Cl)c3)C2)C1=O. The Morgan fingerprint density at radius 2 is 2.18 bits per heavy atom. The lowest BCUT2D eigenvalue weighted by Crippen LogP contribution is -2.47. The number of halogens is 1. The summed E-state index contributed by atoms with van der Waals surface area (Å²) >= 11 is 6.02. The Kier molecular flexibility index (Phi) is 5.98. The summed E-state index contributed by atoms with van der Waals surface area (Å²) in [6.45, 7) is 7.79. The lowest BCUT2D eigenvalue weighted by Gasteiger charge is -2.34. The summed E-state index contributed by atoms with van der Waals surface area (Å²) in [5, 5.41) is 11.9. The Hall–Kier alpha value is -2.08. The van der Waals surface area contributed by atoms with Crippen molar-refractivity contribution in [2.24, 2.45) is 11.8 Å². The van der Waals surface area contributed by atoms with Gasteiger partial charge in [-0.25, -0.2) is 0 Å². The number of piperidine rings is 1. The molecule has 2 fully saturated rings. The van der Waals surface area contributed by atoms with Crippen LogP contribution in [0, 0.1) is 17.2 Å². The minimum atomic E-state index is -0.712. The average molecular weight is 405 g/mol. The lowest BCUT2D eigenvalue weighted by atomic mass is 9.90. The molecule has 0 aromatic heterocycles. The predicted octanol–water partition coefficient (Wildman–Crippen LogP) is 3.36. The summed E-state index contributed by atoms with van der Waals surface area (Å²) < 4.78 is 0. The van der Waals surface area contributed by atoms with Crippen molar-refractivity contribution in [3.8, 4) is 0 Å². The van der Waals surface area contributed by atoms with E-state index in [-0.39, 0.29) is 23.7 Å². The zero-order chi connectivity index (χ0) is 20.5. The van der Waals surface area contributed by atoms with Gasteiger partial charge in [-0.15, -0.1) is 0 Å². The highest BCUT2D eigenvalue weighted by Crippen LogP contribution is 2.27. The molecule has 28 heavy (non-hydrogen) atoms. The van der Waals surface area contributed by atoms with Crippen LogP contribution in [0.2, 0.25) is 5.02 Å². The van der Waals surface area contributed by atoms with Crippen LogP contribution in [0.3, 0.4) is 0 Å². The van der Waals surface area contributed by atoms with Crippen LogP contribution >= 0.6 is 11.6 Å². The molecule has 1 aromatic carbocycles. The highest BCUT2D eigenvalue weighted by Gasteiger charge is 2.46. The Morgan fingerprint density at radius 1 is 1.43 bits per heavy atom. The molecule has 2 N–H and O–H groups in total. The molecule has 2 amide bonds. The van der Waals surface area contributed by atoms with E-state index in [1.165, 1.54) is 0 Å². The molecule has 152 valence electrons. The van der Waals surface area contributed by atoms with Gasteiger partial charge in [0.25, 0.3) is 11.8 Å². The van der Waals surface area contributed by atoms with Crippen molar-refractivity contribution in [1.82, 2.24) is 15.1 Å². The number of likely N-dealkylation sites (tertiary alicyclic amines) is 1. The first-order chi connectivity index (χ1) is 13.2. The molecule has 2 heterocycles. The Morgan fingerprint density at radius 3 is 2.86 bits per heavy atom. The molecule has 7 heteroatoms. The number of hydrogen-bond donors (Lipinski definition) is 2. The maximum Gasteiger partial charge on any atom is 0.254 e. The van der Waals surface area contributed by atoms with E-state index in [1.807, 2.05) is 11.8 Å². The van der Waals surface area contributed by atoms with E-state index in [9.17, 15) is 9.59 Å². The number of nitrogens with one attached hydrogen (secondary N) is 2. The molecule has 0 radical (unpaired) electrons. The van der Waals surface area contributed by atoms with E-state index in [0.717, 1.165) is 12.8 Å². The van der Waals surface area contributed by atoms with Gasteiger partial charge in [-0.05, 0) is 56.2 Å². The number of carbonyl (C=O) groups excluding carboxylic acids is 2. The Labute approximate surface area is 171 Å². The fourth-order valence-corrected chi connectivity index (χ4v) is 4.56. The van der Waals surface area contributed by atoms with Crippen molar-refractivity contribution in [3.63, 3.8) is 0 Å². The zero-order valence-electron chi connectivity index (χ0n) is 16.8. The lowest BCUT2D eigenvalue weighted by molar-refractivity contribution is -0.131. The monoisotopic (exact) mass is 404 g/mol. The van der Waals surface area contributed by atoms with Crippen molar-refractivity contribution >= 4 is 29.4 Å². The summed E-state index contributed by atoms with van der Waals surface area (Å²) in [5.74, 6) is 0.618. The van der Waals surface area contributed by atoms with Crippen LogP contribution in [0.25, 0.3) is 0 Å². The van der Waals surface area contributed by atoms with E-state index >= 15 is 0 Å².